The molecule has 2 N–H and O–H groups in total. The lowest BCUT2D eigenvalue weighted by molar-refractivity contribution is 0.282. The molecule has 1 heterocycles. The molecule has 25 heavy (non-hydrogen) atoms. The highest BCUT2D eigenvalue weighted by atomic mass is 32.2. The Balaban J connectivity index is 2.09. The van der Waals surface area contributed by atoms with Gasteiger partial charge in [0.1, 0.15) is 11.6 Å². The zero-order chi connectivity index (χ0) is 17.8. The topological polar surface area (TPSA) is 89.8 Å². The number of nitrogens with one attached hydrogen (secondary N) is 1. The van der Waals surface area contributed by atoms with Crippen molar-refractivity contribution < 1.29 is 5.11 Å². The minimum Gasteiger partial charge on any atom is -0.392 e. The number of hydrogen-bond donors (Lipinski definition) is 2. The van der Waals surface area contributed by atoms with Gasteiger partial charge in [-0.15, -0.1) is 0 Å². The maximum atomic E-state index is 12.0. The van der Waals surface area contributed by atoms with Crippen molar-refractivity contribution in [1.29, 1.82) is 5.26 Å². The second kappa shape index (κ2) is 7.34. The van der Waals surface area contributed by atoms with Gasteiger partial charge in [0.05, 0.1) is 12.3 Å². The van der Waals surface area contributed by atoms with Gasteiger partial charge in [-0.1, -0.05) is 60.3 Å². The average Bonchev–Trinajstić information content (AvgIpc) is 2.67. The fourth-order valence-electron chi connectivity index (χ4n) is 2.61. The molecule has 2 aromatic carbocycles. The van der Waals surface area contributed by atoms with Crippen molar-refractivity contribution in [2.24, 2.45) is 0 Å². The number of aliphatic hydroxyl groups is 1. The number of aromatic nitrogens is 2. The molecule has 0 aliphatic heterocycles. The van der Waals surface area contributed by atoms with Crippen molar-refractivity contribution in [3.8, 4) is 28.5 Å². The smallest absolute Gasteiger partial charge is 0.270 e. The van der Waals surface area contributed by atoms with Crippen LogP contribution in [0.3, 0.4) is 0 Å². The molecule has 3 rings (SSSR count). The average molecular weight is 349 g/mol. The fourth-order valence-corrected chi connectivity index (χ4v) is 2.99. The summed E-state index contributed by atoms with van der Waals surface area (Å²) in [6, 6.07) is 17.0. The van der Waals surface area contributed by atoms with Crippen molar-refractivity contribution in [3.05, 3.63) is 70.0 Å². The Morgan fingerprint density at radius 3 is 2.48 bits per heavy atom. The molecule has 6 heteroatoms. The van der Waals surface area contributed by atoms with Crippen LogP contribution in [-0.2, 0) is 6.61 Å². The normalized spacial score (nSPS) is 10.4. The molecule has 0 aliphatic rings. The molecule has 0 bridgehead atoms. The number of aliphatic hydroxyl groups excluding tert-OH is 1. The molecule has 0 spiro atoms. The number of hydrogen-bond acceptors (Lipinski definition) is 5. The Hall–Kier alpha value is -2.88. The second-order valence-electron chi connectivity index (χ2n) is 5.30. The van der Waals surface area contributed by atoms with E-state index < -0.39 is 5.56 Å². The maximum absolute atomic E-state index is 12.0. The van der Waals surface area contributed by atoms with Crippen molar-refractivity contribution in [3.63, 3.8) is 0 Å². The van der Waals surface area contributed by atoms with E-state index in [1.807, 2.05) is 60.9 Å². The minimum absolute atomic E-state index is 0.00121. The summed E-state index contributed by atoms with van der Waals surface area (Å²) in [4.78, 5) is 19.0. The van der Waals surface area contributed by atoms with Gasteiger partial charge >= 0.3 is 0 Å². The van der Waals surface area contributed by atoms with E-state index in [9.17, 15) is 15.2 Å². The third kappa shape index (κ3) is 3.33. The number of nitriles is 1. The van der Waals surface area contributed by atoms with Crippen LogP contribution in [0.25, 0.3) is 22.4 Å². The first-order chi connectivity index (χ1) is 12.2. The zero-order valence-electron chi connectivity index (χ0n) is 13.5. The molecule has 0 radical (unpaired) electrons. The lowest BCUT2D eigenvalue weighted by atomic mass is 9.98. The van der Waals surface area contributed by atoms with E-state index in [1.54, 1.807) is 0 Å². The number of benzene rings is 2. The number of rotatable bonds is 4. The van der Waals surface area contributed by atoms with E-state index in [4.69, 9.17) is 0 Å². The maximum Gasteiger partial charge on any atom is 0.270 e. The van der Waals surface area contributed by atoms with Crippen LogP contribution in [0.5, 0.6) is 0 Å². The number of thioether (sulfide) groups is 1. The van der Waals surface area contributed by atoms with Gasteiger partial charge in [-0.05, 0) is 22.9 Å². The van der Waals surface area contributed by atoms with Gasteiger partial charge in [0.25, 0.3) is 5.56 Å². The van der Waals surface area contributed by atoms with Crippen molar-refractivity contribution in [1.82, 2.24) is 9.97 Å². The van der Waals surface area contributed by atoms with Gasteiger partial charge in [-0.25, -0.2) is 4.98 Å². The van der Waals surface area contributed by atoms with Crippen LogP contribution in [0.1, 0.15) is 11.1 Å². The van der Waals surface area contributed by atoms with Crippen LogP contribution in [-0.4, -0.2) is 21.3 Å². The first-order valence-electron chi connectivity index (χ1n) is 7.56. The number of aromatic amines is 1. The molecule has 0 aliphatic carbocycles. The molecule has 0 unspecified atom stereocenters. The summed E-state index contributed by atoms with van der Waals surface area (Å²) in [5.74, 6) is 0. The SMILES string of the molecule is CSc1nc(-c2ccc(-c3ccccc3CO)cc2)c(C#N)c(=O)[nH]1. The molecule has 0 saturated carbocycles. The van der Waals surface area contributed by atoms with Crippen LogP contribution >= 0.6 is 11.8 Å². The van der Waals surface area contributed by atoms with Crippen molar-refractivity contribution >= 4 is 11.8 Å². The highest BCUT2D eigenvalue weighted by Gasteiger charge is 2.13. The molecule has 0 fully saturated rings. The lowest BCUT2D eigenvalue weighted by Gasteiger charge is -2.09. The zero-order valence-corrected chi connectivity index (χ0v) is 14.3. The van der Waals surface area contributed by atoms with E-state index in [0.29, 0.717) is 16.4 Å². The van der Waals surface area contributed by atoms with Crippen LogP contribution in [0, 0.1) is 11.3 Å². The Morgan fingerprint density at radius 2 is 1.84 bits per heavy atom. The van der Waals surface area contributed by atoms with Gasteiger partial charge in [0.15, 0.2) is 5.16 Å². The van der Waals surface area contributed by atoms with Crippen LogP contribution in [0.4, 0.5) is 0 Å². The Labute approximate surface area is 149 Å². The van der Waals surface area contributed by atoms with Crippen LogP contribution < -0.4 is 5.56 Å². The standard InChI is InChI=1S/C19H15N3O2S/c1-25-19-21-17(16(10-20)18(24)22-19)13-8-6-12(7-9-13)15-5-3-2-4-14(15)11-23/h2-9,23H,11H2,1H3,(H,21,22,24). The van der Waals surface area contributed by atoms with E-state index in [-0.39, 0.29) is 12.2 Å². The predicted octanol–water partition coefficient (Wildman–Crippen LogP) is 3.19. The summed E-state index contributed by atoms with van der Waals surface area (Å²) < 4.78 is 0. The van der Waals surface area contributed by atoms with E-state index in [1.165, 1.54) is 11.8 Å². The molecule has 5 nitrogen and oxygen atoms in total. The summed E-state index contributed by atoms with van der Waals surface area (Å²) in [5, 5.41) is 19.2. The highest BCUT2D eigenvalue weighted by molar-refractivity contribution is 7.98. The Morgan fingerprint density at radius 1 is 1.16 bits per heavy atom. The summed E-state index contributed by atoms with van der Waals surface area (Å²) in [7, 11) is 0. The van der Waals surface area contributed by atoms with Gasteiger partial charge in [-0.2, -0.15) is 5.26 Å². The summed E-state index contributed by atoms with van der Waals surface area (Å²) >= 11 is 1.31. The van der Waals surface area contributed by atoms with Gasteiger partial charge in [0.2, 0.25) is 0 Å². The molecule has 1 aromatic heterocycles. The summed E-state index contributed by atoms with van der Waals surface area (Å²) in [5.41, 5.74) is 3.36. The van der Waals surface area contributed by atoms with E-state index in [2.05, 4.69) is 9.97 Å². The minimum atomic E-state index is -0.438. The monoisotopic (exact) mass is 349 g/mol. The quantitative estimate of drug-likeness (QED) is 0.558. The third-order valence-electron chi connectivity index (χ3n) is 3.86. The second-order valence-corrected chi connectivity index (χ2v) is 6.10. The van der Waals surface area contributed by atoms with Gasteiger partial charge in [0, 0.05) is 5.56 Å². The van der Waals surface area contributed by atoms with Gasteiger partial charge < -0.3 is 10.1 Å². The first kappa shape index (κ1) is 17.0. The van der Waals surface area contributed by atoms with E-state index >= 15 is 0 Å². The molecule has 124 valence electrons. The molecular formula is C19H15N3O2S. The molecule has 0 amide bonds. The largest absolute Gasteiger partial charge is 0.392 e. The lowest BCUT2D eigenvalue weighted by Crippen LogP contribution is -2.14. The molecule has 0 atom stereocenters. The van der Waals surface area contributed by atoms with Crippen LogP contribution in [0.2, 0.25) is 0 Å². The molecular weight excluding hydrogens is 334 g/mol. The number of H-pyrrole nitrogens is 1. The van der Waals surface area contributed by atoms with E-state index in [0.717, 1.165) is 16.7 Å². The number of nitrogens with zero attached hydrogens (tertiary/aromatic N) is 2. The van der Waals surface area contributed by atoms with Crippen molar-refractivity contribution in [2.45, 2.75) is 11.8 Å². The fraction of sp³-hybridized carbons (Fsp3) is 0.105. The summed E-state index contributed by atoms with van der Waals surface area (Å²) in [6.45, 7) is -0.0385. The Kier molecular flexibility index (Phi) is 4.98. The molecule has 3 aromatic rings. The molecule has 0 saturated heterocycles. The summed E-state index contributed by atoms with van der Waals surface area (Å²) in [6.07, 6.45) is 1.81. The highest BCUT2D eigenvalue weighted by Crippen LogP contribution is 2.27. The van der Waals surface area contributed by atoms with Gasteiger partial charge in [-0.3, -0.25) is 4.79 Å². The first-order valence-corrected chi connectivity index (χ1v) is 8.78. The predicted molar refractivity (Wildman–Crippen MR) is 98.1 cm³/mol. The third-order valence-corrected chi connectivity index (χ3v) is 4.44. The van der Waals surface area contributed by atoms with Crippen LogP contribution in [0.15, 0.2) is 58.5 Å². The Bertz CT molecular complexity index is 1000. The van der Waals surface area contributed by atoms with Crippen molar-refractivity contribution in [2.75, 3.05) is 6.26 Å².